The Bertz CT molecular complexity index is 1120. The molecule has 2 aromatic rings. The van der Waals surface area contributed by atoms with Crippen LogP contribution in [0.5, 0.6) is 0 Å². The highest BCUT2D eigenvalue weighted by Crippen LogP contribution is 2.48. The van der Waals surface area contributed by atoms with E-state index in [9.17, 15) is 19.5 Å². The molecule has 2 aromatic heterocycles. The summed E-state index contributed by atoms with van der Waals surface area (Å²) < 4.78 is 12.2. The Morgan fingerprint density at radius 2 is 2.00 bits per heavy atom. The van der Waals surface area contributed by atoms with Crippen molar-refractivity contribution in [1.29, 1.82) is 0 Å². The number of rotatable bonds is 5. The van der Waals surface area contributed by atoms with Gasteiger partial charge in [-0.3, -0.25) is 14.0 Å². The molecule has 1 fully saturated rings. The summed E-state index contributed by atoms with van der Waals surface area (Å²) in [5.74, 6) is -1.27. The highest BCUT2D eigenvalue weighted by molar-refractivity contribution is 7.18. The van der Waals surface area contributed by atoms with Crippen molar-refractivity contribution in [1.82, 2.24) is 14.3 Å². The minimum absolute atomic E-state index is 0.150. The first-order valence-corrected chi connectivity index (χ1v) is 11.3. The van der Waals surface area contributed by atoms with Gasteiger partial charge in [0.25, 0.3) is 0 Å². The summed E-state index contributed by atoms with van der Waals surface area (Å²) in [6.45, 7) is 9.97. The molecule has 9 nitrogen and oxygen atoms in total. The van der Waals surface area contributed by atoms with E-state index in [1.165, 1.54) is 16.2 Å². The molecule has 4 rings (SSSR count). The second kappa shape index (κ2) is 7.70. The summed E-state index contributed by atoms with van der Waals surface area (Å²) in [4.78, 5) is 45.4. The molecule has 4 heterocycles. The number of hydrogen-bond donors (Lipinski definition) is 1. The second-order valence-electron chi connectivity index (χ2n) is 9.32. The fourth-order valence-electron chi connectivity index (χ4n) is 4.23. The van der Waals surface area contributed by atoms with E-state index < -0.39 is 36.2 Å². The van der Waals surface area contributed by atoms with Crippen LogP contribution in [0.3, 0.4) is 0 Å². The van der Waals surface area contributed by atoms with E-state index >= 15 is 0 Å². The molecule has 10 heteroatoms. The summed E-state index contributed by atoms with van der Waals surface area (Å²) in [5.41, 5.74) is 0.995. The number of esters is 2. The zero-order valence-electron chi connectivity index (χ0n) is 19.0. The van der Waals surface area contributed by atoms with E-state index in [4.69, 9.17) is 9.47 Å². The Morgan fingerprint density at radius 1 is 1.31 bits per heavy atom. The number of fused-ring (bicyclic) bond motifs is 2. The van der Waals surface area contributed by atoms with Crippen LogP contribution < -0.4 is 0 Å². The van der Waals surface area contributed by atoms with Crippen molar-refractivity contribution in [2.24, 2.45) is 11.3 Å². The number of nitrogens with zero attached hydrogens (tertiary/aromatic N) is 3. The van der Waals surface area contributed by atoms with Crippen LogP contribution in [0.4, 0.5) is 0 Å². The molecule has 0 bridgehead atoms. The summed E-state index contributed by atoms with van der Waals surface area (Å²) in [6.07, 6.45) is 1.52. The standard InChI is InChI=1S/C22H27N3O6S/c1-10-19-24(12(3)23-10)8-15(32-19)13-7-14-16(11(2)26)18(27)25(14)17(13)20(28)30-9-31-21(29)22(4,5)6/h8,11,14,16,26H,7,9H2,1-6H3/t11-,14-,16-/m1/s1. The Kier molecular flexibility index (Phi) is 5.41. The third-order valence-electron chi connectivity index (χ3n) is 5.87. The SMILES string of the molecule is Cc1nc(C)n2cc(C3=C(C(=O)OCOC(=O)C(C)(C)C)N4C(=O)[C@H]([C@@H](C)O)[C@H]4C3)sc12. The van der Waals surface area contributed by atoms with Gasteiger partial charge in [0.15, 0.2) is 0 Å². The lowest BCUT2D eigenvalue weighted by atomic mass is 9.83. The number of ether oxygens (including phenoxy) is 2. The maximum absolute atomic E-state index is 13.0. The van der Waals surface area contributed by atoms with Crippen molar-refractivity contribution in [2.75, 3.05) is 6.79 Å². The molecule has 0 saturated carbocycles. The van der Waals surface area contributed by atoms with Gasteiger partial charge in [0.2, 0.25) is 12.7 Å². The molecule has 0 radical (unpaired) electrons. The summed E-state index contributed by atoms with van der Waals surface area (Å²) >= 11 is 1.49. The Balaban J connectivity index is 1.65. The Hall–Kier alpha value is -2.72. The van der Waals surface area contributed by atoms with Crippen LogP contribution in [0.2, 0.25) is 0 Å². The van der Waals surface area contributed by atoms with E-state index in [2.05, 4.69) is 4.98 Å². The topological polar surface area (TPSA) is 110 Å². The van der Waals surface area contributed by atoms with Crippen LogP contribution >= 0.6 is 11.3 Å². The number of aliphatic hydroxyl groups excluding tert-OH is 1. The molecular formula is C22H27N3O6S. The largest absolute Gasteiger partial charge is 0.427 e. The number of carbonyl (C=O) groups excluding carboxylic acids is 3. The molecule has 2 aliphatic heterocycles. The van der Waals surface area contributed by atoms with Crippen LogP contribution in [-0.2, 0) is 23.9 Å². The number of imidazole rings is 1. The van der Waals surface area contributed by atoms with Gasteiger partial charge in [-0.05, 0) is 48.0 Å². The zero-order chi connectivity index (χ0) is 23.5. The number of β-lactam (4-membered cyclic amide) rings is 1. The van der Waals surface area contributed by atoms with E-state index in [-0.39, 0.29) is 17.6 Å². The van der Waals surface area contributed by atoms with Gasteiger partial charge < -0.3 is 19.5 Å². The lowest BCUT2D eigenvalue weighted by molar-refractivity contribution is -0.175. The van der Waals surface area contributed by atoms with Crippen molar-refractivity contribution >= 4 is 39.6 Å². The normalized spacial score (nSPS) is 21.6. The van der Waals surface area contributed by atoms with Crippen LogP contribution in [0.25, 0.3) is 10.4 Å². The predicted molar refractivity (Wildman–Crippen MR) is 116 cm³/mol. The number of aromatic nitrogens is 2. The average Bonchev–Trinajstić information content (AvgIpc) is 3.32. The van der Waals surface area contributed by atoms with Gasteiger partial charge in [-0.15, -0.1) is 11.3 Å². The highest BCUT2D eigenvalue weighted by Gasteiger charge is 2.57. The van der Waals surface area contributed by atoms with Crippen molar-refractivity contribution in [3.05, 3.63) is 28.3 Å². The molecule has 1 saturated heterocycles. The third-order valence-corrected chi connectivity index (χ3v) is 7.13. The minimum atomic E-state index is -0.819. The smallest absolute Gasteiger partial charge is 0.358 e. The Labute approximate surface area is 189 Å². The highest BCUT2D eigenvalue weighted by atomic mass is 32.1. The van der Waals surface area contributed by atoms with Gasteiger partial charge in [-0.2, -0.15) is 0 Å². The van der Waals surface area contributed by atoms with Gasteiger partial charge in [0, 0.05) is 11.8 Å². The minimum Gasteiger partial charge on any atom is -0.427 e. The maximum atomic E-state index is 13.0. The number of thiazole rings is 1. The number of amides is 1. The molecule has 2 aliphatic rings. The van der Waals surface area contributed by atoms with Crippen molar-refractivity contribution in [3.63, 3.8) is 0 Å². The van der Waals surface area contributed by atoms with Gasteiger partial charge in [0.1, 0.15) is 16.4 Å². The average molecular weight is 462 g/mol. The predicted octanol–water partition coefficient (Wildman–Crippen LogP) is 2.43. The van der Waals surface area contributed by atoms with E-state index in [1.807, 2.05) is 24.4 Å². The van der Waals surface area contributed by atoms with E-state index in [0.29, 0.717) is 12.0 Å². The van der Waals surface area contributed by atoms with Gasteiger partial charge >= 0.3 is 11.9 Å². The fraction of sp³-hybridized carbons (Fsp3) is 0.545. The molecule has 1 amide bonds. The molecule has 32 heavy (non-hydrogen) atoms. The second-order valence-corrected chi connectivity index (χ2v) is 10.4. The summed E-state index contributed by atoms with van der Waals surface area (Å²) in [5, 5.41) is 10.1. The molecule has 3 atom stereocenters. The van der Waals surface area contributed by atoms with Crippen LogP contribution in [0, 0.1) is 25.2 Å². The van der Waals surface area contributed by atoms with Crippen molar-refractivity contribution in [3.8, 4) is 0 Å². The van der Waals surface area contributed by atoms with Gasteiger partial charge in [-0.1, -0.05) is 0 Å². The van der Waals surface area contributed by atoms with E-state index in [1.54, 1.807) is 27.7 Å². The first-order valence-electron chi connectivity index (χ1n) is 10.5. The number of aliphatic hydroxyl groups is 1. The number of hydrogen-bond acceptors (Lipinski definition) is 8. The molecule has 1 N–H and O–H groups in total. The van der Waals surface area contributed by atoms with Crippen LogP contribution in [-0.4, -0.2) is 56.2 Å². The lowest BCUT2D eigenvalue weighted by Crippen LogP contribution is -2.61. The Morgan fingerprint density at radius 3 is 2.59 bits per heavy atom. The van der Waals surface area contributed by atoms with Crippen LogP contribution in [0.15, 0.2) is 11.9 Å². The molecular weight excluding hydrogens is 434 g/mol. The lowest BCUT2D eigenvalue weighted by Gasteiger charge is -2.44. The monoisotopic (exact) mass is 461 g/mol. The molecule has 0 aromatic carbocycles. The van der Waals surface area contributed by atoms with Crippen LogP contribution in [0.1, 0.15) is 50.5 Å². The van der Waals surface area contributed by atoms with Crippen molar-refractivity contribution in [2.45, 2.75) is 60.1 Å². The third kappa shape index (κ3) is 3.51. The molecule has 172 valence electrons. The number of aryl methyl sites for hydroxylation is 2. The quantitative estimate of drug-likeness (QED) is 0.414. The van der Waals surface area contributed by atoms with E-state index in [0.717, 1.165) is 21.2 Å². The van der Waals surface area contributed by atoms with Crippen molar-refractivity contribution < 1.29 is 29.0 Å². The summed E-state index contributed by atoms with van der Waals surface area (Å²) in [7, 11) is 0. The van der Waals surface area contributed by atoms with Gasteiger partial charge in [0.05, 0.1) is 34.0 Å². The zero-order valence-corrected chi connectivity index (χ0v) is 19.8. The first kappa shape index (κ1) is 22.5. The number of carbonyl (C=O) groups is 3. The van der Waals surface area contributed by atoms with Gasteiger partial charge in [-0.25, -0.2) is 9.78 Å². The molecule has 0 spiro atoms. The molecule has 0 aliphatic carbocycles. The fourth-order valence-corrected chi connectivity index (χ4v) is 5.37. The first-order chi connectivity index (χ1) is 14.9. The molecule has 0 unspecified atom stereocenters. The maximum Gasteiger partial charge on any atom is 0.358 e. The summed E-state index contributed by atoms with van der Waals surface area (Å²) in [6, 6.07) is -0.307.